The molecule has 120 valence electrons. The Labute approximate surface area is 130 Å². The fourth-order valence-electron chi connectivity index (χ4n) is 2.34. The molecule has 0 aliphatic carbocycles. The Morgan fingerprint density at radius 1 is 1.18 bits per heavy atom. The molecule has 1 aliphatic heterocycles. The van der Waals surface area contributed by atoms with Crippen molar-refractivity contribution in [3.63, 3.8) is 0 Å². The molecule has 0 aromatic carbocycles. The molecule has 22 heavy (non-hydrogen) atoms. The number of carbonyl (C=O) groups is 2. The molecule has 1 aliphatic rings. The van der Waals surface area contributed by atoms with E-state index in [1.165, 1.54) is 12.4 Å². The van der Waals surface area contributed by atoms with Gasteiger partial charge in [0.2, 0.25) is 5.91 Å². The molecule has 0 spiro atoms. The van der Waals surface area contributed by atoms with Crippen LogP contribution in [0, 0.1) is 0 Å². The van der Waals surface area contributed by atoms with E-state index in [1.54, 1.807) is 11.1 Å². The number of carbonyl (C=O) groups excluding carboxylic acids is 2. The molecule has 0 bridgehead atoms. The number of amides is 2. The molecule has 1 N–H and O–H groups in total. The minimum atomic E-state index is -0.221. The van der Waals surface area contributed by atoms with Crippen LogP contribution in [0.5, 0.6) is 0 Å². The fraction of sp³-hybridized carbons (Fsp3) is 0.600. The van der Waals surface area contributed by atoms with Gasteiger partial charge in [0.1, 0.15) is 5.69 Å². The first-order chi connectivity index (χ1) is 10.3. The second-order valence-corrected chi connectivity index (χ2v) is 6.46. The molecular formula is C15H23N5O2. The molecule has 1 saturated heterocycles. The number of hydrogen-bond donors (Lipinski definition) is 1. The van der Waals surface area contributed by atoms with Crippen molar-refractivity contribution in [1.29, 1.82) is 0 Å². The lowest BCUT2D eigenvalue weighted by molar-refractivity contribution is -0.124. The minimum Gasteiger partial charge on any atom is -0.350 e. The van der Waals surface area contributed by atoms with Crippen LogP contribution in [0.3, 0.4) is 0 Å². The van der Waals surface area contributed by atoms with Crippen LogP contribution >= 0.6 is 0 Å². The van der Waals surface area contributed by atoms with E-state index in [0.717, 1.165) is 0 Å². The van der Waals surface area contributed by atoms with E-state index in [0.29, 0.717) is 38.4 Å². The normalized spacial score (nSPS) is 16.4. The predicted molar refractivity (Wildman–Crippen MR) is 82.3 cm³/mol. The maximum atomic E-state index is 12.2. The third-order valence-corrected chi connectivity index (χ3v) is 3.32. The van der Waals surface area contributed by atoms with Gasteiger partial charge in [0.05, 0.1) is 12.7 Å². The highest BCUT2D eigenvalue weighted by atomic mass is 16.2. The molecule has 1 aromatic rings. The van der Waals surface area contributed by atoms with E-state index >= 15 is 0 Å². The second-order valence-electron chi connectivity index (χ2n) is 6.46. The summed E-state index contributed by atoms with van der Waals surface area (Å²) < 4.78 is 0. The Morgan fingerprint density at radius 3 is 2.41 bits per heavy atom. The Balaban J connectivity index is 1.81. The molecule has 0 atom stereocenters. The fourth-order valence-corrected chi connectivity index (χ4v) is 2.34. The van der Waals surface area contributed by atoms with Crippen LogP contribution in [0.25, 0.3) is 0 Å². The van der Waals surface area contributed by atoms with Crippen LogP contribution in [0.15, 0.2) is 18.6 Å². The van der Waals surface area contributed by atoms with E-state index in [9.17, 15) is 9.59 Å². The average molecular weight is 305 g/mol. The third-order valence-electron chi connectivity index (χ3n) is 3.32. The SMILES string of the molecule is CC(C)(C)NC(=O)CN1CCN(C(=O)c2cnccn2)CC1. The molecule has 7 heteroatoms. The van der Waals surface area contributed by atoms with E-state index in [1.807, 2.05) is 20.8 Å². The first-order valence-electron chi connectivity index (χ1n) is 7.44. The van der Waals surface area contributed by atoms with Gasteiger partial charge in [-0.15, -0.1) is 0 Å². The zero-order valence-corrected chi connectivity index (χ0v) is 13.4. The van der Waals surface area contributed by atoms with E-state index < -0.39 is 0 Å². The van der Waals surface area contributed by atoms with Gasteiger partial charge in [0, 0.05) is 44.1 Å². The van der Waals surface area contributed by atoms with Gasteiger partial charge in [-0.25, -0.2) is 4.98 Å². The summed E-state index contributed by atoms with van der Waals surface area (Å²) >= 11 is 0. The highest BCUT2D eigenvalue weighted by molar-refractivity contribution is 5.92. The van der Waals surface area contributed by atoms with E-state index in [-0.39, 0.29) is 17.4 Å². The van der Waals surface area contributed by atoms with Gasteiger partial charge in [-0.3, -0.25) is 19.5 Å². The standard InChI is InChI=1S/C15H23N5O2/c1-15(2,3)18-13(21)11-19-6-8-20(9-7-19)14(22)12-10-16-4-5-17-12/h4-5,10H,6-9,11H2,1-3H3,(H,18,21). The monoisotopic (exact) mass is 305 g/mol. The largest absolute Gasteiger partial charge is 0.350 e. The van der Waals surface area contributed by atoms with Crippen LogP contribution in [-0.2, 0) is 4.79 Å². The summed E-state index contributed by atoms with van der Waals surface area (Å²) in [5, 5.41) is 2.95. The van der Waals surface area contributed by atoms with E-state index in [2.05, 4.69) is 20.2 Å². The minimum absolute atomic E-state index is 0.0150. The molecule has 0 saturated carbocycles. The summed E-state index contributed by atoms with van der Waals surface area (Å²) in [7, 11) is 0. The highest BCUT2D eigenvalue weighted by Gasteiger charge is 2.24. The zero-order valence-electron chi connectivity index (χ0n) is 13.4. The number of nitrogens with zero attached hydrogens (tertiary/aromatic N) is 4. The average Bonchev–Trinajstić information content (AvgIpc) is 2.46. The van der Waals surface area contributed by atoms with Gasteiger partial charge in [-0.2, -0.15) is 0 Å². The lowest BCUT2D eigenvalue weighted by atomic mass is 10.1. The van der Waals surface area contributed by atoms with Crippen molar-refractivity contribution in [3.05, 3.63) is 24.3 Å². The van der Waals surface area contributed by atoms with Crippen LogP contribution in [0.1, 0.15) is 31.3 Å². The number of piperazine rings is 1. The Bertz CT molecular complexity index is 518. The smallest absolute Gasteiger partial charge is 0.274 e. The molecule has 2 rings (SSSR count). The van der Waals surface area contributed by atoms with Crippen LogP contribution in [0.4, 0.5) is 0 Å². The van der Waals surface area contributed by atoms with Gasteiger partial charge in [-0.1, -0.05) is 0 Å². The first-order valence-corrected chi connectivity index (χ1v) is 7.44. The van der Waals surface area contributed by atoms with Crippen molar-refractivity contribution >= 4 is 11.8 Å². The summed E-state index contributed by atoms with van der Waals surface area (Å²) in [5.74, 6) is -0.0897. The van der Waals surface area contributed by atoms with Crippen molar-refractivity contribution < 1.29 is 9.59 Å². The molecule has 0 radical (unpaired) electrons. The lowest BCUT2D eigenvalue weighted by Gasteiger charge is -2.34. The molecular weight excluding hydrogens is 282 g/mol. The van der Waals surface area contributed by atoms with Gasteiger partial charge < -0.3 is 10.2 Å². The molecule has 7 nitrogen and oxygen atoms in total. The van der Waals surface area contributed by atoms with Crippen molar-refractivity contribution in [3.8, 4) is 0 Å². The molecule has 0 unspecified atom stereocenters. The van der Waals surface area contributed by atoms with Crippen molar-refractivity contribution in [2.24, 2.45) is 0 Å². The summed E-state index contributed by atoms with van der Waals surface area (Å²) in [6.07, 6.45) is 4.54. The number of rotatable bonds is 3. The molecule has 2 heterocycles. The van der Waals surface area contributed by atoms with Gasteiger partial charge in [0.15, 0.2) is 0 Å². The van der Waals surface area contributed by atoms with Gasteiger partial charge >= 0.3 is 0 Å². The second kappa shape index (κ2) is 6.83. The van der Waals surface area contributed by atoms with Crippen molar-refractivity contribution in [1.82, 2.24) is 25.1 Å². The van der Waals surface area contributed by atoms with E-state index in [4.69, 9.17) is 0 Å². The third kappa shape index (κ3) is 4.77. The number of hydrogen-bond acceptors (Lipinski definition) is 5. The molecule has 2 amide bonds. The summed E-state index contributed by atoms with van der Waals surface area (Å²) in [5.41, 5.74) is 0.141. The summed E-state index contributed by atoms with van der Waals surface area (Å²) in [4.78, 5) is 35.9. The van der Waals surface area contributed by atoms with Crippen LogP contribution < -0.4 is 5.32 Å². The zero-order chi connectivity index (χ0) is 16.2. The maximum absolute atomic E-state index is 12.2. The Morgan fingerprint density at radius 2 is 1.86 bits per heavy atom. The predicted octanol–water partition coefficient (Wildman–Crippen LogP) is 0.149. The lowest BCUT2D eigenvalue weighted by Crippen LogP contribution is -2.52. The highest BCUT2D eigenvalue weighted by Crippen LogP contribution is 2.06. The Kier molecular flexibility index (Phi) is 5.07. The van der Waals surface area contributed by atoms with Crippen LogP contribution in [0.2, 0.25) is 0 Å². The van der Waals surface area contributed by atoms with Crippen molar-refractivity contribution in [2.45, 2.75) is 26.3 Å². The van der Waals surface area contributed by atoms with Gasteiger partial charge in [0.25, 0.3) is 5.91 Å². The quantitative estimate of drug-likeness (QED) is 0.860. The maximum Gasteiger partial charge on any atom is 0.274 e. The number of nitrogens with one attached hydrogen (secondary N) is 1. The molecule has 1 fully saturated rings. The van der Waals surface area contributed by atoms with Crippen LogP contribution in [-0.4, -0.2) is 69.8 Å². The van der Waals surface area contributed by atoms with Crippen molar-refractivity contribution in [2.75, 3.05) is 32.7 Å². The Hall–Kier alpha value is -2.02. The van der Waals surface area contributed by atoms with Gasteiger partial charge in [-0.05, 0) is 20.8 Å². The topological polar surface area (TPSA) is 78.4 Å². The summed E-state index contributed by atoms with van der Waals surface area (Å²) in [6, 6.07) is 0. The first kappa shape index (κ1) is 16.4. The number of aromatic nitrogens is 2. The summed E-state index contributed by atoms with van der Waals surface area (Å²) in [6.45, 7) is 8.81. The molecule has 1 aromatic heterocycles.